The Hall–Kier alpha value is -2.44. The van der Waals surface area contributed by atoms with Crippen LogP contribution < -0.4 is 14.4 Å². The van der Waals surface area contributed by atoms with Gasteiger partial charge in [0, 0.05) is 30.3 Å². The Morgan fingerprint density at radius 1 is 1.16 bits per heavy atom. The smallest absolute Gasteiger partial charge is 0.337 e. The second-order valence-corrected chi connectivity index (χ2v) is 8.58. The second-order valence-electron chi connectivity index (χ2n) is 8.14. The maximum atomic E-state index is 12.2. The average molecular weight is 446 g/mol. The highest BCUT2D eigenvalue weighted by Crippen LogP contribution is 2.38. The van der Waals surface area contributed by atoms with E-state index in [-0.39, 0.29) is 12.6 Å². The highest BCUT2D eigenvalue weighted by Gasteiger charge is 2.32. The van der Waals surface area contributed by atoms with E-state index in [1.54, 1.807) is 6.07 Å². The molecular formula is C24H28ClNO5. The number of aliphatic hydroxyl groups excluding tert-OH is 1. The van der Waals surface area contributed by atoms with E-state index in [4.69, 9.17) is 25.8 Å². The zero-order valence-corrected chi connectivity index (χ0v) is 18.4. The number of nitrogens with zero attached hydrogens (tertiary/aromatic N) is 1. The normalized spacial score (nSPS) is 20.8. The van der Waals surface area contributed by atoms with Gasteiger partial charge < -0.3 is 24.2 Å². The van der Waals surface area contributed by atoms with E-state index in [1.165, 1.54) is 7.11 Å². The predicted molar refractivity (Wildman–Crippen MR) is 119 cm³/mol. The lowest BCUT2D eigenvalue weighted by Crippen LogP contribution is -2.40. The van der Waals surface area contributed by atoms with E-state index < -0.39 is 0 Å². The quantitative estimate of drug-likeness (QED) is 0.707. The van der Waals surface area contributed by atoms with Crippen molar-refractivity contribution in [3.05, 3.63) is 52.5 Å². The van der Waals surface area contributed by atoms with Crippen LogP contribution >= 0.6 is 11.6 Å². The Balaban J connectivity index is 1.67. The molecular weight excluding hydrogens is 418 g/mol. The van der Waals surface area contributed by atoms with Crippen LogP contribution in [0.4, 0.5) is 5.69 Å². The highest BCUT2D eigenvalue weighted by atomic mass is 35.5. The number of hydrogen-bond donors (Lipinski definition) is 1. The number of aliphatic hydroxyl groups is 1. The van der Waals surface area contributed by atoms with Gasteiger partial charge in [0.15, 0.2) is 0 Å². The first-order chi connectivity index (χ1) is 15.1. The van der Waals surface area contributed by atoms with E-state index in [1.807, 2.05) is 30.3 Å². The fraction of sp³-hybridized carbons (Fsp3) is 0.458. The number of carbonyl (C=O) groups excluding carboxylic acids is 1. The summed E-state index contributed by atoms with van der Waals surface area (Å²) in [5, 5.41) is 10.3. The summed E-state index contributed by atoms with van der Waals surface area (Å²) in [6.45, 7) is 2.62. The fourth-order valence-corrected chi connectivity index (χ4v) is 4.38. The van der Waals surface area contributed by atoms with Gasteiger partial charge in [-0.3, -0.25) is 0 Å². The molecule has 0 amide bonds. The van der Waals surface area contributed by atoms with E-state index >= 15 is 0 Å². The van der Waals surface area contributed by atoms with Crippen LogP contribution in [0.15, 0.2) is 36.4 Å². The summed E-state index contributed by atoms with van der Waals surface area (Å²) in [6, 6.07) is 10.9. The summed E-state index contributed by atoms with van der Waals surface area (Å²) in [7, 11) is 1.38. The highest BCUT2D eigenvalue weighted by molar-refractivity contribution is 6.30. The summed E-state index contributed by atoms with van der Waals surface area (Å²) in [4.78, 5) is 14.4. The third kappa shape index (κ3) is 4.91. The van der Waals surface area contributed by atoms with Gasteiger partial charge in [-0.05, 0) is 61.4 Å². The van der Waals surface area contributed by atoms with Gasteiger partial charge >= 0.3 is 5.97 Å². The molecule has 7 heteroatoms. The molecule has 0 unspecified atom stereocenters. The van der Waals surface area contributed by atoms with Gasteiger partial charge in [-0.1, -0.05) is 17.7 Å². The summed E-state index contributed by atoms with van der Waals surface area (Å²) in [6.07, 6.45) is 2.94. The molecule has 0 spiro atoms. The van der Waals surface area contributed by atoms with E-state index in [9.17, 15) is 9.90 Å². The van der Waals surface area contributed by atoms with Gasteiger partial charge in [0.05, 0.1) is 25.0 Å². The number of halogens is 1. The van der Waals surface area contributed by atoms with Gasteiger partial charge in [-0.25, -0.2) is 4.79 Å². The van der Waals surface area contributed by atoms with Crippen molar-refractivity contribution < 1.29 is 24.1 Å². The monoisotopic (exact) mass is 445 g/mol. The number of hydrogen-bond acceptors (Lipinski definition) is 6. The molecule has 1 aliphatic heterocycles. The molecule has 2 aromatic carbocycles. The van der Waals surface area contributed by atoms with Crippen LogP contribution in [0.5, 0.6) is 11.5 Å². The molecule has 0 bridgehead atoms. The Labute approximate surface area is 187 Å². The van der Waals surface area contributed by atoms with Crippen LogP contribution in [0.2, 0.25) is 5.02 Å². The third-order valence-electron chi connectivity index (χ3n) is 6.23. The van der Waals surface area contributed by atoms with Crippen LogP contribution in [0.25, 0.3) is 0 Å². The van der Waals surface area contributed by atoms with Gasteiger partial charge in [-0.15, -0.1) is 0 Å². The van der Waals surface area contributed by atoms with Crippen molar-refractivity contribution in [1.29, 1.82) is 0 Å². The molecule has 1 aliphatic carbocycles. The van der Waals surface area contributed by atoms with Crippen LogP contribution in [0.1, 0.15) is 35.2 Å². The largest absolute Gasteiger partial charge is 0.493 e. The molecule has 1 fully saturated rings. The molecule has 1 N–H and O–H groups in total. The van der Waals surface area contributed by atoms with Crippen LogP contribution in [-0.2, 0) is 11.3 Å². The number of carbonyl (C=O) groups is 1. The molecule has 2 atom stereocenters. The zero-order valence-electron chi connectivity index (χ0n) is 17.7. The van der Waals surface area contributed by atoms with Crippen LogP contribution in [-0.4, -0.2) is 44.5 Å². The van der Waals surface area contributed by atoms with Crippen molar-refractivity contribution in [2.24, 2.45) is 11.8 Å². The number of esters is 1. The minimum absolute atomic E-state index is 0.212. The molecule has 1 saturated carbocycles. The molecule has 4 rings (SSSR count). The molecule has 0 aromatic heterocycles. The summed E-state index contributed by atoms with van der Waals surface area (Å²) in [5.74, 6) is 1.80. The first-order valence-corrected chi connectivity index (χ1v) is 11.1. The van der Waals surface area contributed by atoms with Gasteiger partial charge in [-0.2, -0.15) is 0 Å². The van der Waals surface area contributed by atoms with Gasteiger partial charge in [0.1, 0.15) is 18.1 Å². The molecule has 1 heterocycles. The topological polar surface area (TPSA) is 68.2 Å². The Morgan fingerprint density at radius 3 is 2.74 bits per heavy atom. The number of benzene rings is 2. The molecule has 2 aromatic rings. The van der Waals surface area contributed by atoms with Crippen LogP contribution in [0.3, 0.4) is 0 Å². The molecule has 0 radical (unpaired) electrons. The van der Waals surface area contributed by atoms with E-state index in [2.05, 4.69) is 4.90 Å². The zero-order chi connectivity index (χ0) is 21.8. The van der Waals surface area contributed by atoms with Crippen molar-refractivity contribution in [1.82, 2.24) is 0 Å². The van der Waals surface area contributed by atoms with Crippen molar-refractivity contribution >= 4 is 23.3 Å². The standard InChI is InChI=1S/C24H28ClNO5/c1-29-24(28)16-6-8-22-21(11-16)26(13-17-3-4-18(17)14-27)9-2-10-30-23-12-20(25)7-5-19(23)15-31-22/h5-8,11-12,17-18,27H,2-4,9-10,13-15H2,1H3/t17-,18-/m0/s1. The van der Waals surface area contributed by atoms with Gasteiger partial charge in [0.25, 0.3) is 0 Å². The lowest BCUT2D eigenvalue weighted by atomic mass is 9.74. The fourth-order valence-electron chi connectivity index (χ4n) is 4.22. The number of ether oxygens (including phenoxy) is 3. The van der Waals surface area contributed by atoms with Crippen molar-refractivity contribution in [2.45, 2.75) is 25.9 Å². The van der Waals surface area contributed by atoms with Crippen LogP contribution in [0, 0.1) is 11.8 Å². The Bertz CT molecular complexity index is 932. The predicted octanol–water partition coefficient (Wildman–Crippen LogP) is 4.31. The first kappa shape index (κ1) is 21.8. The Morgan fingerprint density at radius 2 is 2.00 bits per heavy atom. The van der Waals surface area contributed by atoms with Crippen molar-refractivity contribution in [3.8, 4) is 11.5 Å². The van der Waals surface area contributed by atoms with Gasteiger partial charge in [0.2, 0.25) is 0 Å². The molecule has 0 saturated heterocycles. The number of methoxy groups -OCH3 is 1. The molecule has 166 valence electrons. The van der Waals surface area contributed by atoms with Crippen molar-refractivity contribution in [3.63, 3.8) is 0 Å². The minimum Gasteiger partial charge on any atom is -0.493 e. The SMILES string of the molecule is COC(=O)c1ccc2c(c1)N(C[C@@H]1CC[C@H]1CO)CCCOc1cc(Cl)ccc1CO2. The first-order valence-electron chi connectivity index (χ1n) is 10.7. The summed E-state index contributed by atoms with van der Waals surface area (Å²) >= 11 is 6.15. The lowest BCUT2D eigenvalue weighted by Gasteiger charge is -2.40. The second kappa shape index (κ2) is 9.79. The number of fused-ring (bicyclic) bond motifs is 2. The maximum Gasteiger partial charge on any atom is 0.337 e. The lowest BCUT2D eigenvalue weighted by molar-refractivity contribution is 0.0600. The maximum absolute atomic E-state index is 12.2. The van der Waals surface area contributed by atoms with E-state index in [0.717, 1.165) is 49.4 Å². The average Bonchev–Trinajstić information content (AvgIpc) is 2.79. The molecule has 2 aliphatic rings. The van der Waals surface area contributed by atoms with Crippen molar-refractivity contribution in [2.75, 3.05) is 38.3 Å². The number of anilines is 1. The third-order valence-corrected chi connectivity index (χ3v) is 6.46. The summed E-state index contributed by atoms with van der Waals surface area (Å²) in [5.41, 5.74) is 2.27. The summed E-state index contributed by atoms with van der Waals surface area (Å²) < 4.78 is 17.1. The number of rotatable bonds is 4. The van der Waals surface area contributed by atoms with E-state index in [0.29, 0.717) is 41.4 Å². The molecule has 6 nitrogen and oxygen atoms in total. The minimum atomic E-state index is -0.378. The Kier molecular flexibility index (Phi) is 6.88. The molecule has 31 heavy (non-hydrogen) atoms.